The van der Waals surface area contributed by atoms with Crippen LogP contribution >= 0.6 is 11.6 Å². The van der Waals surface area contributed by atoms with Crippen LogP contribution in [0.15, 0.2) is 78.9 Å². The van der Waals surface area contributed by atoms with Crippen molar-refractivity contribution in [3.63, 3.8) is 0 Å². The Kier molecular flexibility index (Phi) is 3.32. The van der Waals surface area contributed by atoms with E-state index < -0.39 is 0 Å². The Hall–Kier alpha value is -2.31. The molecule has 106 valence electrons. The third kappa shape index (κ3) is 2.26. The molecule has 0 aliphatic rings. The monoisotopic (exact) mass is 302 g/mol. The molecule has 0 N–H and O–H groups in total. The zero-order chi connectivity index (χ0) is 14.9. The van der Waals surface area contributed by atoms with Crippen LogP contribution in [-0.2, 0) is 6.42 Å². The zero-order valence-electron chi connectivity index (χ0n) is 12.1. The number of rotatable bonds is 2. The minimum Gasteiger partial charge on any atom is -0.0837 e. The highest BCUT2D eigenvalue weighted by Crippen LogP contribution is 2.34. The molecule has 0 heterocycles. The number of hydrogen-bond donors (Lipinski definition) is 0. The summed E-state index contributed by atoms with van der Waals surface area (Å²) >= 11 is 6.53. The van der Waals surface area contributed by atoms with E-state index in [2.05, 4.69) is 66.7 Å². The molecule has 4 aromatic carbocycles. The van der Waals surface area contributed by atoms with Crippen LogP contribution in [0.5, 0.6) is 0 Å². The van der Waals surface area contributed by atoms with Crippen molar-refractivity contribution in [1.82, 2.24) is 0 Å². The molecule has 0 aliphatic carbocycles. The van der Waals surface area contributed by atoms with Gasteiger partial charge in [-0.05, 0) is 45.8 Å². The zero-order valence-corrected chi connectivity index (χ0v) is 12.8. The topological polar surface area (TPSA) is 0 Å². The van der Waals surface area contributed by atoms with Crippen LogP contribution in [0.2, 0.25) is 5.02 Å². The van der Waals surface area contributed by atoms with Gasteiger partial charge in [-0.3, -0.25) is 0 Å². The van der Waals surface area contributed by atoms with Gasteiger partial charge in [0.25, 0.3) is 0 Å². The summed E-state index contributed by atoms with van der Waals surface area (Å²) in [5, 5.41) is 5.76. The molecule has 0 aromatic heterocycles. The van der Waals surface area contributed by atoms with E-state index in [0.717, 1.165) is 11.4 Å². The molecule has 4 aromatic rings. The van der Waals surface area contributed by atoms with Gasteiger partial charge in [-0.2, -0.15) is 0 Å². The Morgan fingerprint density at radius 2 is 1.41 bits per heavy atom. The third-order valence-corrected chi connectivity index (χ3v) is 4.48. The van der Waals surface area contributed by atoms with Crippen LogP contribution in [0.25, 0.3) is 21.5 Å². The van der Waals surface area contributed by atoms with E-state index in [0.29, 0.717) is 0 Å². The van der Waals surface area contributed by atoms with Gasteiger partial charge in [-0.15, -0.1) is 0 Å². The molecular weight excluding hydrogens is 288 g/mol. The molecular formula is C21H15Cl. The van der Waals surface area contributed by atoms with Gasteiger partial charge in [0.1, 0.15) is 0 Å². The molecule has 0 bridgehead atoms. The quantitative estimate of drug-likeness (QED) is 0.385. The SMILES string of the molecule is Clc1cccc2cc3ccccc3c(Cc3ccccc3)c12. The summed E-state index contributed by atoms with van der Waals surface area (Å²) in [5.41, 5.74) is 2.62. The summed E-state index contributed by atoms with van der Waals surface area (Å²) in [6.07, 6.45) is 0.891. The fourth-order valence-corrected chi connectivity index (χ4v) is 3.46. The lowest BCUT2D eigenvalue weighted by atomic mass is 9.92. The summed E-state index contributed by atoms with van der Waals surface area (Å²) in [6.45, 7) is 0. The van der Waals surface area contributed by atoms with E-state index in [1.807, 2.05) is 12.1 Å². The molecule has 1 heteroatoms. The maximum Gasteiger partial charge on any atom is 0.0487 e. The molecule has 0 fully saturated rings. The molecule has 0 radical (unpaired) electrons. The molecule has 0 amide bonds. The molecule has 0 saturated carbocycles. The summed E-state index contributed by atoms with van der Waals surface area (Å²) in [6, 6.07) is 27.5. The number of hydrogen-bond acceptors (Lipinski definition) is 0. The molecule has 0 aliphatic heterocycles. The van der Waals surface area contributed by atoms with Crippen LogP contribution in [0, 0.1) is 0 Å². The third-order valence-electron chi connectivity index (χ3n) is 4.17. The van der Waals surface area contributed by atoms with Crippen molar-refractivity contribution >= 4 is 33.1 Å². The minimum absolute atomic E-state index is 0.828. The predicted octanol–water partition coefficient (Wildman–Crippen LogP) is 6.24. The van der Waals surface area contributed by atoms with Crippen LogP contribution in [0.1, 0.15) is 11.1 Å². The Labute approximate surface area is 135 Å². The van der Waals surface area contributed by atoms with Gasteiger partial charge in [0.05, 0.1) is 0 Å². The summed E-state index contributed by atoms with van der Waals surface area (Å²) < 4.78 is 0. The highest BCUT2D eigenvalue weighted by Gasteiger charge is 2.10. The van der Waals surface area contributed by atoms with Crippen LogP contribution in [-0.4, -0.2) is 0 Å². The Morgan fingerprint density at radius 3 is 2.27 bits per heavy atom. The van der Waals surface area contributed by atoms with E-state index in [1.165, 1.54) is 32.7 Å². The smallest absolute Gasteiger partial charge is 0.0487 e. The number of fused-ring (bicyclic) bond motifs is 2. The van der Waals surface area contributed by atoms with Crippen LogP contribution in [0.3, 0.4) is 0 Å². The molecule has 0 nitrogen and oxygen atoms in total. The molecule has 0 unspecified atom stereocenters. The van der Waals surface area contributed by atoms with Crippen molar-refractivity contribution < 1.29 is 0 Å². The van der Waals surface area contributed by atoms with Gasteiger partial charge in [0, 0.05) is 10.4 Å². The molecule has 22 heavy (non-hydrogen) atoms. The van der Waals surface area contributed by atoms with E-state index >= 15 is 0 Å². The molecule has 0 saturated heterocycles. The highest BCUT2D eigenvalue weighted by atomic mass is 35.5. The van der Waals surface area contributed by atoms with Crippen molar-refractivity contribution in [3.8, 4) is 0 Å². The lowest BCUT2D eigenvalue weighted by Gasteiger charge is -2.13. The maximum atomic E-state index is 6.53. The highest BCUT2D eigenvalue weighted by molar-refractivity contribution is 6.36. The van der Waals surface area contributed by atoms with E-state index in [9.17, 15) is 0 Å². The maximum absolute atomic E-state index is 6.53. The molecule has 0 spiro atoms. The predicted molar refractivity (Wildman–Crippen MR) is 95.7 cm³/mol. The first-order valence-electron chi connectivity index (χ1n) is 7.46. The second kappa shape index (κ2) is 5.47. The van der Waals surface area contributed by atoms with E-state index in [1.54, 1.807) is 0 Å². The lowest BCUT2D eigenvalue weighted by molar-refractivity contribution is 1.23. The molecule has 4 rings (SSSR count). The Morgan fingerprint density at radius 1 is 0.682 bits per heavy atom. The van der Waals surface area contributed by atoms with Crippen molar-refractivity contribution in [2.45, 2.75) is 6.42 Å². The summed E-state index contributed by atoms with van der Waals surface area (Å²) in [5.74, 6) is 0. The van der Waals surface area contributed by atoms with Gasteiger partial charge in [-0.25, -0.2) is 0 Å². The Balaban J connectivity index is 2.07. The standard InChI is InChI=1S/C21H15Cl/c22-20-12-6-10-17-14-16-9-4-5-11-18(16)19(21(17)20)13-15-7-2-1-3-8-15/h1-12,14H,13H2. The first-order chi connectivity index (χ1) is 10.8. The number of halogens is 1. The Bertz CT molecular complexity index is 955. The fraction of sp³-hybridized carbons (Fsp3) is 0.0476. The van der Waals surface area contributed by atoms with E-state index in [-0.39, 0.29) is 0 Å². The van der Waals surface area contributed by atoms with Gasteiger partial charge < -0.3 is 0 Å². The minimum atomic E-state index is 0.828. The van der Waals surface area contributed by atoms with Gasteiger partial charge in [-0.1, -0.05) is 78.3 Å². The lowest BCUT2D eigenvalue weighted by Crippen LogP contribution is -1.93. The van der Waals surface area contributed by atoms with Crippen LogP contribution < -0.4 is 0 Å². The second-order valence-electron chi connectivity index (χ2n) is 5.58. The summed E-state index contributed by atoms with van der Waals surface area (Å²) in [7, 11) is 0. The summed E-state index contributed by atoms with van der Waals surface area (Å²) in [4.78, 5) is 0. The largest absolute Gasteiger partial charge is 0.0837 e. The van der Waals surface area contributed by atoms with Crippen molar-refractivity contribution in [2.24, 2.45) is 0 Å². The fourth-order valence-electron chi connectivity index (χ4n) is 3.16. The van der Waals surface area contributed by atoms with Crippen molar-refractivity contribution in [3.05, 3.63) is 95.0 Å². The van der Waals surface area contributed by atoms with Crippen molar-refractivity contribution in [1.29, 1.82) is 0 Å². The van der Waals surface area contributed by atoms with Crippen LogP contribution in [0.4, 0.5) is 0 Å². The van der Waals surface area contributed by atoms with Gasteiger partial charge in [0.15, 0.2) is 0 Å². The first-order valence-corrected chi connectivity index (χ1v) is 7.83. The van der Waals surface area contributed by atoms with E-state index in [4.69, 9.17) is 11.6 Å². The van der Waals surface area contributed by atoms with Crippen molar-refractivity contribution in [2.75, 3.05) is 0 Å². The number of benzene rings is 4. The first kappa shape index (κ1) is 13.4. The average Bonchev–Trinajstić information content (AvgIpc) is 2.56. The van der Waals surface area contributed by atoms with Gasteiger partial charge >= 0.3 is 0 Å². The normalized spacial score (nSPS) is 11.1. The van der Waals surface area contributed by atoms with Gasteiger partial charge in [0.2, 0.25) is 0 Å². The second-order valence-corrected chi connectivity index (χ2v) is 5.98. The molecule has 0 atom stereocenters. The average molecular weight is 303 g/mol.